The molecule has 0 radical (unpaired) electrons. The topological polar surface area (TPSA) is 49.8 Å². The first-order valence-electron chi connectivity index (χ1n) is 6.59. The number of hydrogen-bond donors (Lipinski definition) is 2. The van der Waals surface area contributed by atoms with Gasteiger partial charge in [0.2, 0.25) is 0 Å². The molecule has 2 N–H and O–H groups in total. The molecular formula is C15H19BrN4. The largest absolute Gasteiger partial charge is 0.373 e. The Kier molecular flexibility index (Phi) is 4.60. The Morgan fingerprint density at radius 2 is 1.75 bits per heavy atom. The molecule has 0 spiro atoms. The van der Waals surface area contributed by atoms with Gasteiger partial charge in [-0.2, -0.15) is 0 Å². The van der Waals surface area contributed by atoms with Crippen molar-refractivity contribution >= 4 is 33.3 Å². The zero-order valence-electron chi connectivity index (χ0n) is 12.2. The zero-order valence-corrected chi connectivity index (χ0v) is 13.7. The Morgan fingerprint density at radius 3 is 2.35 bits per heavy atom. The fraction of sp³-hybridized carbons (Fsp3) is 0.333. The molecule has 0 aliphatic heterocycles. The van der Waals surface area contributed by atoms with Crippen molar-refractivity contribution in [3.63, 3.8) is 0 Å². The molecule has 0 bridgehead atoms. The van der Waals surface area contributed by atoms with Gasteiger partial charge in [-0.25, -0.2) is 9.97 Å². The van der Waals surface area contributed by atoms with Crippen molar-refractivity contribution in [1.82, 2.24) is 9.97 Å². The van der Waals surface area contributed by atoms with Crippen molar-refractivity contribution < 1.29 is 0 Å². The Labute approximate surface area is 128 Å². The maximum Gasteiger partial charge on any atom is 0.136 e. The number of nitrogens with one attached hydrogen (secondary N) is 2. The summed E-state index contributed by atoms with van der Waals surface area (Å²) in [6, 6.07) is 8.09. The van der Waals surface area contributed by atoms with Crippen molar-refractivity contribution in [1.29, 1.82) is 0 Å². The monoisotopic (exact) mass is 334 g/mol. The van der Waals surface area contributed by atoms with Crippen molar-refractivity contribution in [2.45, 2.75) is 26.7 Å². The molecule has 2 aromatic rings. The molecule has 1 heterocycles. The first-order valence-corrected chi connectivity index (χ1v) is 7.38. The third-order valence-corrected chi connectivity index (χ3v) is 3.29. The van der Waals surface area contributed by atoms with E-state index in [1.807, 2.05) is 19.2 Å². The van der Waals surface area contributed by atoms with Crippen LogP contribution in [-0.2, 0) is 0 Å². The molecule has 0 aliphatic carbocycles. The van der Waals surface area contributed by atoms with Gasteiger partial charge in [-0.05, 0) is 30.7 Å². The van der Waals surface area contributed by atoms with E-state index in [4.69, 9.17) is 0 Å². The molecule has 0 fully saturated rings. The van der Waals surface area contributed by atoms with E-state index in [0.29, 0.717) is 0 Å². The van der Waals surface area contributed by atoms with E-state index in [0.717, 1.165) is 27.6 Å². The minimum atomic E-state index is 0.285. The van der Waals surface area contributed by atoms with Crippen LogP contribution < -0.4 is 10.6 Å². The molecular weight excluding hydrogens is 316 g/mol. The van der Waals surface area contributed by atoms with Gasteiger partial charge in [-0.3, -0.25) is 0 Å². The normalized spacial score (nSPS) is 10.7. The van der Waals surface area contributed by atoms with E-state index in [2.05, 4.69) is 69.4 Å². The average molecular weight is 335 g/mol. The minimum Gasteiger partial charge on any atom is -0.373 e. The van der Waals surface area contributed by atoms with Crippen LogP contribution in [0.1, 0.15) is 31.2 Å². The number of rotatable bonds is 4. The van der Waals surface area contributed by atoms with Crippen LogP contribution in [0.5, 0.6) is 0 Å². The first-order chi connectivity index (χ1) is 9.47. The second-order valence-corrected chi connectivity index (χ2v) is 5.96. The standard InChI is InChI=1S/C15H19BrN4/c1-9(2)15-19-13(17-4)8-14(20-15)18-12-6-10(3)5-11(16)7-12/h5-9H,1-4H3,(H2,17,18,19,20). The summed E-state index contributed by atoms with van der Waals surface area (Å²) in [5.74, 6) is 2.72. The van der Waals surface area contributed by atoms with Crippen LogP contribution in [0.3, 0.4) is 0 Å². The highest BCUT2D eigenvalue weighted by molar-refractivity contribution is 9.10. The van der Waals surface area contributed by atoms with Crippen molar-refractivity contribution in [3.05, 3.63) is 40.1 Å². The fourth-order valence-corrected chi connectivity index (χ4v) is 2.48. The smallest absolute Gasteiger partial charge is 0.136 e. The van der Waals surface area contributed by atoms with E-state index in [9.17, 15) is 0 Å². The van der Waals surface area contributed by atoms with Gasteiger partial charge in [0, 0.05) is 29.2 Å². The molecule has 4 nitrogen and oxygen atoms in total. The Hall–Kier alpha value is -1.62. The van der Waals surface area contributed by atoms with Gasteiger partial charge in [0.1, 0.15) is 17.5 Å². The maximum absolute atomic E-state index is 4.56. The summed E-state index contributed by atoms with van der Waals surface area (Å²) in [4.78, 5) is 9.01. The van der Waals surface area contributed by atoms with Crippen LogP contribution in [0, 0.1) is 6.92 Å². The van der Waals surface area contributed by atoms with Crippen LogP contribution in [0.15, 0.2) is 28.7 Å². The Morgan fingerprint density at radius 1 is 1.05 bits per heavy atom. The van der Waals surface area contributed by atoms with E-state index < -0.39 is 0 Å². The second-order valence-electron chi connectivity index (χ2n) is 5.04. The number of halogens is 1. The van der Waals surface area contributed by atoms with Gasteiger partial charge in [-0.1, -0.05) is 29.8 Å². The van der Waals surface area contributed by atoms with Crippen molar-refractivity contribution in [3.8, 4) is 0 Å². The summed E-state index contributed by atoms with van der Waals surface area (Å²) in [6.45, 7) is 6.23. The number of hydrogen-bond acceptors (Lipinski definition) is 4. The quantitative estimate of drug-likeness (QED) is 0.866. The summed E-state index contributed by atoms with van der Waals surface area (Å²) in [5.41, 5.74) is 2.20. The molecule has 0 saturated carbocycles. The van der Waals surface area contributed by atoms with Gasteiger partial charge in [0.25, 0.3) is 0 Å². The molecule has 1 aromatic carbocycles. The predicted octanol–water partition coefficient (Wildman–Crippen LogP) is 4.46. The van der Waals surface area contributed by atoms with Crippen LogP contribution in [-0.4, -0.2) is 17.0 Å². The summed E-state index contributed by atoms with van der Waals surface area (Å²) in [7, 11) is 1.86. The molecule has 2 rings (SSSR count). The number of aryl methyl sites for hydroxylation is 1. The molecule has 20 heavy (non-hydrogen) atoms. The number of nitrogens with zero attached hydrogens (tertiary/aromatic N) is 2. The molecule has 0 aliphatic rings. The molecule has 0 atom stereocenters. The van der Waals surface area contributed by atoms with Crippen LogP contribution >= 0.6 is 15.9 Å². The maximum atomic E-state index is 4.56. The lowest BCUT2D eigenvalue weighted by Gasteiger charge is -2.12. The molecule has 0 amide bonds. The van der Waals surface area contributed by atoms with Gasteiger partial charge < -0.3 is 10.6 Å². The molecule has 106 valence electrons. The Balaban J connectivity index is 2.34. The highest BCUT2D eigenvalue weighted by atomic mass is 79.9. The van der Waals surface area contributed by atoms with E-state index >= 15 is 0 Å². The first kappa shape index (κ1) is 14.8. The minimum absolute atomic E-state index is 0.285. The number of aromatic nitrogens is 2. The Bertz CT molecular complexity index is 591. The fourth-order valence-electron chi connectivity index (χ4n) is 1.87. The molecule has 0 saturated heterocycles. The highest BCUT2D eigenvalue weighted by Gasteiger charge is 2.08. The van der Waals surface area contributed by atoms with E-state index in [-0.39, 0.29) is 5.92 Å². The van der Waals surface area contributed by atoms with E-state index in [1.165, 1.54) is 5.56 Å². The second kappa shape index (κ2) is 6.22. The van der Waals surface area contributed by atoms with Crippen molar-refractivity contribution in [2.75, 3.05) is 17.7 Å². The predicted molar refractivity (Wildman–Crippen MR) is 87.8 cm³/mol. The highest BCUT2D eigenvalue weighted by Crippen LogP contribution is 2.24. The summed E-state index contributed by atoms with van der Waals surface area (Å²) < 4.78 is 1.05. The zero-order chi connectivity index (χ0) is 14.7. The van der Waals surface area contributed by atoms with Gasteiger partial charge in [-0.15, -0.1) is 0 Å². The van der Waals surface area contributed by atoms with Crippen LogP contribution in [0.2, 0.25) is 0 Å². The van der Waals surface area contributed by atoms with Crippen LogP contribution in [0.25, 0.3) is 0 Å². The van der Waals surface area contributed by atoms with Gasteiger partial charge >= 0.3 is 0 Å². The lowest BCUT2D eigenvalue weighted by Crippen LogP contribution is -2.05. The lowest BCUT2D eigenvalue weighted by molar-refractivity contribution is 0.778. The van der Waals surface area contributed by atoms with Gasteiger partial charge in [0.15, 0.2) is 0 Å². The summed E-state index contributed by atoms with van der Waals surface area (Å²) >= 11 is 3.51. The number of anilines is 3. The average Bonchev–Trinajstić information content (AvgIpc) is 2.36. The molecule has 5 heteroatoms. The van der Waals surface area contributed by atoms with Gasteiger partial charge in [0.05, 0.1) is 0 Å². The third-order valence-electron chi connectivity index (χ3n) is 2.83. The lowest BCUT2D eigenvalue weighted by atomic mass is 10.2. The number of benzene rings is 1. The SMILES string of the molecule is CNc1cc(Nc2cc(C)cc(Br)c2)nc(C(C)C)n1. The third kappa shape index (κ3) is 3.70. The van der Waals surface area contributed by atoms with E-state index in [1.54, 1.807) is 0 Å². The van der Waals surface area contributed by atoms with Crippen LogP contribution in [0.4, 0.5) is 17.3 Å². The summed E-state index contributed by atoms with van der Waals surface area (Å²) in [6.07, 6.45) is 0. The van der Waals surface area contributed by atoms with Crippen molar-refractivity contribution in [2.24, 2.45) is 0 Å². The summed E-state index contributed by atoms with van der Waals surface area (Å²) in [5, 5.41) is 6.41. The molecule has 0 unspecified atom stereocenters. The molecule has 1 aromatic heterocycles.